The Labute approximate surface area is 115 Å². The summed E-state index contributed by atoms with van der Waals surface area (Å²) in [6.45, 7) is 8.26. The van der Waals surface area contributed by atoms with Crippen molar-refractivity contribution >= 4 is 5.82 Å². The Bertz CT molecular complexity index is 478. The first-order valence-corrected chi connectivity index (χ1v) is 7.07. The Morgan fingerprint density at radius 2 is 2.21 bits per heavy atom. The van der Waals surface area contributed by atoms with Gasteiger partial charge in [0.1, 0.15) is 11.9 Å². The zero-order chi connectivity index (χ0) is 13.8. The van der Waals surface area contributed by atoms with Gasteiger partial charge in [-0.15, -0.1) is 0 Å². The van der Waals surface area contributed by atoms with E-state index in [0.717, 1.165) is 37.4 Å². The van der Waals surface area contributed by atoms with Gasteiger partial charge in [0.2, 0.25) is 0 Å². The average Bonchev–Trinajstić information content (AvgIpc) is 2.46. The average molecular weight is 258 g/mol. The molecule has 2 atom stereocenters. The van der Waals surface area contributed by atoms with Crippen LogP contribution in [0.3, 0.4) is 0 Å². The van der Waals surface area contributed by atoms with E-state index in [1.54, 1.807) is 0 Å². The number of nitrogens with one attached hydrogen (secondary N) is 1. The molecule has 4 nitrogen and oxygen atoms in total. The zero-order valence-electron chi connectivity index (χ0n) is 12.0. The molecule has 2 heterocycles. The van der Waals surface area contributed by atoms with E-state index in [1.807, 2.05) is 19.1 Å². The van der Waals surface area contributed by atoms with Crippen molar-refractivity contribution in [3.63, 3.8) is 0 Å². The monoisotopic (exact) mass is 258 g/mol. The molecule has 1 aromatic rings. The fourth-order valence-corrected chi connectivity index (χ4v) is 2.61. The third-order valence-electron chi connectivity index (χ3n) is 3.87. The number of nitrogens with zero attached hydrogens (tertiary/aromatic N) is 3. The van der Waals surface area contributed by atoms with Crippen molar-refractivity contribution in [2.75, 3.05) is 18.0 Å². The van der Waals surface area contributed by atoms with E-state index in [0.29, 0.717) is 17.6 Å². The summed E-state index contributed by atoms with van der Waals surface area (Å²) < 4.78 is 0. The molecular weight excluding hydrogens is 236 g/mol. The highest BCUT2D eigenvalue weighted by atomic mass is 15.3. The molecule has 0 amide bonds. The SMILES string of the molecule is CCC1CN(c2nc(C)ccc2C#N)C(CC)CN1. The molecule has 102 valence electrons. The normalized spacial score (nSPS) is 23.2. The van der Waals surface area contributed by atoms with Crippen LogP contribution in [0.4, 0.5) is 5.82 Å². The van der Waals surface area contributed by atoms with Crippen molar-refractivity contribution in [2.45, 2.75) is 45.7 Å². The third kappa shape index (κ3) is 2.87. The number of pyridine rings is 1. The molecule has 19 heavy (non-hydrogen) atoms. The molecule has 1 aliphatic rings. The van der Waals surface area contributed by atoms with Crippen LogP contribution in [0.1, 0.15) is 37.9 Å². The quantitative estimate of drug-likeness (QED) is 0.903. The Morgan fingerprint density at radius 3 is 2.84 bits per heavy atom. The lowest BCUT2D eigenvalue weighted by atomic mass is 10.0. The van der Waals surface area contributed by atoms with Gasteiger partial charge in [-0.1, -0.05) is 13.8 Å². The lowest BCUT2D eigenvalue weighted by molar-refractivity contribution is 0.376. The van der Waals surface area contributed by atoms with Crippen molar-refractivity contribution in [3.05, 3.63) is 23.4 Å². The molecule has 0 aliphatic carbocycles. The van der Waals surface area contributed by atoms with Crippen molar-refractivity contribution in [3.8, 4) is 6.07 Å². The summed E-state index contributed by atoms with van der Waals surface area (Å²) in [5.74, 6) is 0.856. The lowest BCUT2D eigenvalue weighted by Crippen LogP contribution is -2.56. The Hall–Kier alpha value is -1.60. The fourth-order valence-electron chi connectivity index (χ4n) is 2.61. The largest absolute Gasteiger partial charge is 0.350 e. The molecule has 1 N–H and O–H groups in total. The smallest absolute Gasteiger partial charge is 0.147 e. The molecule has 2 unspecified atom stereocenters. The van der Waals surface area contributed by atoms with Crippen molar-refractivity contribution in [1.29, 1.82) is 5.26 Å². The molecular formula is C15H22N4. The number of nitriles is 1. The number of hydrogen-bond acceptors (Lipinski definition) is 4. The van der Waals surface area contributed by atoms with Gasteiger partial charge in [0, 0.05) is 30.9 Å². The van der Waals surface area contributed by atoms with E-state index in [4.69, 9.17) is 0 Å². The molecule has 4 heteroatoms. The highest BCUT2D eigenvalue weighted by Crippen LogP contribution is 2.24. The minimum Gasteiger partial charge on any atom is -0.350 e. The van der Waals surface area contributed by atoms with Gasteiger partial charge in [0.15, 0.2) is 0 Å². The molecule has 1 aliphatic heterocycles. The van der Waals surface area contributed by atoms with Crippen LogP contribution in [0.15, 0.2) is 12.1 Å². The van der Waals surface area contributed by atoms with Crippen molar-refractivity contribution in [1.82, 2.24) is 10.3 Å². The maximum Gasteiger partial charge on any atom is 0.147 e. The van der Waals surface area contributed by atoms with E-state index >= 15 is 0 Å². The number of rotatable bonds is 3. The Morgan fingerprint density at radius 1 is 1.42 bits per heavy atom. The van der Waals surface area contributed by atoms with E-state index < -0.39 is 0 Å². The molecule has 0 aromatic carbocycles. The van der Waals surface area contributed by atoms with Gasteiger partial charge in [-0.2, -0.15) is 5.26 Å². The van der Waals surface area contributed by atoms with E-state index in [2.05, 4.69) is 35.1 Å². The minimum atomic E-state index is 0.421. The predicted octanol–water partition coefficient (Wildman–Crippen LogP) is 2.23. The second kappa shape index (κ2) is 6.03. The third-order valence-corrected chi connectivity index (χ3v) is 3.87. The van der Waals surface area contributed by atoms with E-state index in [9.17, 15) is 5.26 Å². The maximum atomic E-state index is 9.29. The van der Waals surface area contributed by atoms with Crippen LogP contribution in [0.25, 0.3) is 0 Å². The lowest BCUT2D eigenvalue weighted by Gasteiger charge is -2.41. The Kier molecular flexibility index (Phi) is 4.39. The van der Waals surface area contributed by atoms with Gasteiger partial charge in [-0.3, -0.25) is 0 Å². The molecule has 1 saturated heterocycles. The summed E-state index contributed by atoms with van der Waals surface area (Å²) in [5, 5.41) is 12.9. The standard InChI is InChI=1S/C15H22N4/c1-4-13-10-19(14(5-2)9-17-13)15-12(8-16)7-6-11(3)18-15/h6-7,13-14,17H,4-5,9-10H2,1-3H3. The molecule has 0 spiro atoms. The summed E-state index contributed by atoms with van der Waals surface area (Å²) in [6, 6.07) is 6.96. The second-order valence-electron chi connectivity index (χ2n) is 5.16. The van der Waals surface area contributed by atoms with Gasteiger partial charge in [-0.25, -0.2) is 4.98 Å². The topological polar surface area (TPSA) is 52.0 Å². The van der Waals surface area contributed by atoms with Crippen molar-refractivity contribution < 1.29 is 0 Å². The van der Waals surface area contributed by atoms with Crippen LogP contribution >= 0.6 is 0 Å². The van der Waals surface area contributed by atoms with E-state index in [-0.39, 0.29) is 0 Å². The van der Waals surface area contributed by atoms with Crippen LogP contribution in [0, 0.1) is 18.3 Å². The molecule has 1 fully saturated rings. The molecule has 0 bridgehead atoms. The number of piperazine rings is 1. The van der Waals surface area contributed by atoms with Gasteiger partial charge < -0.3 is 10.2 Å². The molecule has 0 saturated carbocycles. The zero-order valence-corrected chi connectivity index (χ0v) is 12.0. The first-order chi connectivity index (χ1) is 9.19. The predicted molar refractivity (Wildman–Crippen MR) is 77.2 cm³/mol. The summed E-state index contributed by atoms with van der Waals surface area (Å²) in [4.78, 5) is 6.93. The number of aryl methyl sites for hydroxylation is 1. The number of aromatic nitrogens is 1. The van der Waals surface area contributed by atoms with Gasteiger partial charge in [0.05, 0.1) is 5.56 Å². The van der Waals surface area contributed by atoms with Crippen LogP contribution in [-0.4, -0.2) is 30.2 Å². The van der Waals surface area contributed by atoms with Crippen LogP contribution < -0.4 is 10.2 Å². The fraction of sp³-hybridized carbons (Fsp3) is 0.600. The summed E-state index contributed by atoms with van der Waals surface area (Å²) in [5.41, 5.74) is 1.65. The minimum absolute atomic E-state index is 0.421. The number of hydrogen-bond donors (Lipinski definition) is 1. The first kappa shape index (κ1) is 13.8. The van der Waals surface area contributed by atoms with Crippen LogP contribution in [-0.2, 0) is 0 Å². The summed E-state index contributed by atoms with van der Waals surface area (Å²) in [7, 11) is 0. The molecule has 1 aromatic heterocycles. The van der Waals surface area contributed by atoms with Crippen LogP contribution in [0.2, 0.25) is 0 Å². The first-order valence-electron chi connectivity index (χ1n) is 7.07. The van der Waals surface area contributed by atoms with Gasteiger partial charge in [0.25, 0.3) is 0 Å². The molecule has 2 rings (SSSR count). The summed E-state index contributed by atoms with van der Waals surface area (Å²) in [6.07, 6.45) is 2.16. The second-order valence-corrected chi connectivity index (χ2v) is 5.16. The van der Waals surface area contributed by atoms with Gasteiger partial charge in [-0.05, 0) is 31.9 Å². The van der Waals surface area contributed by atoms with Crippen LogP contribution in [0.5, 0.6) is 0 Å². The van der Waals surface area contributed by atoms with E-state index in [1.165, 1.54) is 0 Å². The summed E-state index contributed by atoms with van der Waals surface area (Å²) >= 11 is 0. The highest BCUT2D eigenvalue weighted by molar-refractivity contribution is 5.55. The van der Waals surface area contributed by atoms with Gasteiger partial charge >= 0.3 is 0 Å². The maximum absolute atomic E-state index is 9.29. The highest BCUT2D eigenvalue weighted by Gasteiger charge is 2.28. The Balaban J connectivity index is 2.36. The van der Waals surface area contributed by atoms with Crippen molar-refractivity contribution in [2.24, 2.45) is 0 Å². The molecule has 0 radical (unpaired) electrons. The number of anilines is 1.